The third-order valence-electron chi connectivity index (χ3n) is 4.24. The minimum absolute atomic E-state index is 0. The molecule has 0 N–H and O–H groups in total. The highest BCUT2D eigenvalue weighted by molar-refractivity contribution is 7.12. The summed E-state index contributed by atoms with van der Waals surface area (Å²) in [7, 11) is 1.69. The van der Waals surface area contributed by atoms with Crippen LogP contribution in [0.4, 0.5) is 5.69 Å². The van der Waals surface area contributed by atoms with Crippen molar-refractivity contribution in [2.24, 2.45) is 5.10 Å². The van der Waals surface area contributed by atoms with Crippen LogP contribution in [0.2, 0.25) is 0 Å². The molecule has 0 bridgehead atoms. The van der Waals surface area contributed by atoms with Crippen molar-refractivity contribution < 1.29 is 4.74 Å². The van der Waals surface area contributed by atoms with Crippen molar-refractivity contribution in [2.45, 2.75) is 12.5 Å². The maximum atomic E-state index is 5.28. The smallest absolute Gasteiger partial charge is 0.118 e. The van der Waals surface area contributed by atoms with E-state index in [0.29, 0.717) is 0 Å². The molecule has 0 amide bonds. The first-order chi connectivity index (χ1) is 11.8. The SMILES string of the molecule is COc1ccc(C2CC(c3cccs3)=NN2c2ccccc2)cc1.Cl. The molecule has 2 heterocycles. The Bertz CT molecular complexity index is 832. The number of hydrogen-bond donors (Lipinski definition) is 0. The predicted octanol–water partition coefficient (Wildman–Crippen LogP) is 5.53. The summed E-state index contributed by atoms with van der Waals surface area (Å²) in [5, 5.41) is 9.17. The van der Waals surface area contributed by atoms with Gasteiger partial charge in [0.25, 0.3) is 0 Å². The number of rotatable bonds is 4. The number of hydrazone groups is 1. The largest absolute Gasteiger partial charge is 0.497 e. The Morgan fingerprint density at radius 1 is 1.00 bits per heavy atom. The second kappa shape index (κ2) is 7.72. The van der Waals surface area contributed by atoms with E-state index in [-0.39, 0.29) is 18.4 Å². The number of hydrogen-bond acceptors (Lipinski definition) is 4. The lowest BCUT2D eigenvalue weighted by Gasteiger charge is -2.24. The van der Waals surface area contributed by atoms with Crippen LogP contribution < -0.4 is 9.75 Å². The third kappa shape index (κ3) is 3.55. The van der Waals surface area contributed by atoms with E-state index in [4.69, 9.17) is 9.84 Å². The topological polar surface area (TPSA) is 24.8 Å². The number of halogens is 1. The van der Waals surface area contributed by atoms with Gasteiger partial charge in [0.1, 0.15) is 5.75 Å². The van der Waals surface area contributed by atoms with Gasteiger partial charge in [0.15, 0.2) is 0 Å². The Hall–Kier alpha value is -2.30. The Morgan fingerprint density at radius 2 is 1.76 bits per heavy atom. The monoisotopic (exact) mass is 370 g/mol. The summed E-state index contributed by atoms with van der Waals surface area (Å²) in [6, 6.07) is 23.1. The van der Waals surface area contributed by atoms with Crippen molar-refractivity contribution in [3.63, 3.8) is 0 Å². The molecule has 4 rings (SSSR count). The van der Waals surface area contributed by atoms with E-state index in [1.54, 1.807) is 18.4 Å². The van der Waals surface area contributed by atoms with E-state index >= 15 is 0 Å². The van der Waals surface area contributed by atoms with Crippen LogP contribution in [0.25, 0.3) is 0 Å². The first kappa shape index (κ1) is 17.5. The second-order valence-corrected chi connectivity index (χ2v) is 6.64. The van der Waals surface area contributed by atoms with Gasteiger partial charge in [-0.2, -0.15) is 5.10 Å². The summed E-state index contributed by atoms with van der Waals surface area (Å²) in [4.78, 5) is 1.24. The molecule has 0 radical (unpaired) electrons. The van der Waals surface area contributed by atoms with E-state index in [9.17, 15) is 0 Å². The average molecular weight is 371 g/mol. The molecule has 5 heteroatoms. The molecule has 0 saturated heterocycles. The molecule has 1 aromatic heterocycles. The molecule has 3 nitrogen and oxygen atoms in total. The fraction of sp³-hybridized carbons (Fsp3) is 0.150. The van der Waals surface area contributed by atoms with Crippen LogP contribution in [0.1, 0.15) is 22.9 Å². The Labute approximate surface area is 158 Å². The molecule has 1 aliphatic rings. The maximum Gasteiger partial charge on any atom is 0.118 e. The summed E-state index contributed by atoms with van der Waals surface area (Å²) < 4.78 is 5.28. The second-order valence-electron chi connectivity index (χ2n) is 5.70. The molecule has 2 aromatic carbocycles. The van der Waals surface area contributed by atoms with E-state index in [2.05, 4.69) is 58.9 Å². The number of anilines is 1. The minimum Gasteiger partial charge on any atom is -0.497 e. The quantitative estimate of drug-likeness (QED) is 0.602. The van der Waals surface area contributed by atoms with Gasteiger partial charge >= 0.3 is 0 Å². The van der Waals surface area contributed by atoms with Gasteiger partial charge < -0.3 is 4.74 Å². The van der Waals surface area contributed by atoms with Gasteiger partial charge in [-0.25, -0.2) is 0 Å². The van der Waals surface area contributed by atoms with Gasteiger partial charge in [0.2, 0.25) is 0 Å². The number of thiophene rings is 1. The zero-order valence-electron chi connectivity index (χ0n) is 13.8. The van der Waals surface area contributed by atoms with Gasteiger partial charge in [-0.1, -0.05) is 36.4 Å². The summed E-state index contributed by atoms with van der Waals surface area (Å²) in [5.74, 6) is 0.877. The summed E-state index contributed by atoms with van der Waals surface area (Å²) >= 11 is 1.74. The van der Waals surface area contributed by atoms with E-state index in [0.717, 1.165) is 23.6 Å². The van der Waals surface area contributed by atoms with Crippen molar-refractivity contribution in [1.82, 2.24) is 0 Å². The van der Waals surface area contributed by atoms with E-state index in [1.807, 2.05) is 18.2 Å². The number of benzene rings is 2. The van der Waals surface area contributed by atoms with Crippen LogP contribution in [0.15, 0.2) is 77.2 Å². The molecule has 0 aliphatic carbocycles. The van der Waals surface area contributed by atoms with Gasteiger partial charge in [0.05, 0.1) is 29.4 Å². The van der Waals surface area contributed by atoms with Gasteiger partial charge in [0, 0.05) is 6.42 Å². The minimum atomic E-state index is 0. The van der Waals surface area contributed by atoms with Gasteiger partial charge in [-0.05, 0) is 41.3 Å². The fourth-order valence-electron chi connectivity index (χ4n) is 3.01. The first-order valence-corrected chi connectivity index (χ1v) is 8.83. The van der Waals surface area contributed by atoms with Crippen molar-refractivity contribution in [3.05, 3.63) is 82.6 Å². The maximum absolute atomic E-state index is 5.28. The van der Waals surface area contributed by atoms with Gasteiger partial charge in [-0.3, -0.25) is 5.01 Å². The molecular formula is C20H19ClN2OS. The summed E-state index contributed by atoms with van der Waals surface area (Å²) in [6.07, 6.45) is 0.905. The van der Waals surface area contributed by atoms with Crippen molar-refractivity contribution >= 4 is 35.1 Å². The predicted molar refractivity (Wildman–Crippen MR) is 107 cm³/mol. The molecule has 1 unspecified atom stereocenters. The Morgan fingerprint density at radius 3 is 2.40 bits per heavy atom. The average Bonchev–Trinajstić information content (AvgIpc) is 3.32. The zero-order chi connectivity index (χ0) is 16.4. The van der Waals surface area contributed by atoms with E-state index < -0.39 is 0 Å². The Balaban J connectivity index is 0.00000182. The lowest BCUT2D eigenvalue weighted by molar-refractivity contribution is 0.414. The van der Waals surface area contributed by atoms with Crippen LogP contribution in [-0.2, 0) is 0 Å². The lowest BCUT2D eigenvalue weighted by Crippen LogP contribution is -2.18. The van der Waals surface area contributed by atoms with Crippen molar-refractivity contribution in [2.75, 3.05) is 12.1 Å². The zero-order valence-corrected chi connectivity index (χ0v) is 15.5. The molecule has 0 saturated carbocycles. The number of para-hydroxylation sites is 1. The van der Waals surface area contributed by atoms with E-state index in [1.165, 1.54) is 10.4 Å². The highest BCUT2D eigenvalue weighted by atomic mass is 35.5. The molecule has 1 aliphatic heterocycles. The molecule has 128 valence electrons. The molecule has 3 aromatic rings. The number of ether oxygens (including phenoxy) is 1. The molecule has 1 atom stereocenters. The van der Waals surface area contributed by atoms with Crippen LogP contribution in [0.5, 0.6) is 5.75 Å². The van der Waals surface area contributed by atoms with Crippen LogP contribution in [0.3, 0.4) is 0 Å². The normalized spacial score (nSPS) is 16.3. The van der Waals surface area contributed by atoms with Crippen molar-refractivity contribution in [3.8, 4) is 5.75 Å². The highest BCUT2D eigenvalue weighted by Gasteiger charge is 2.30. The fourth-order valence-corrected chi connectivity index (χ4v) is 3.73. The molecule has 0 fully saturated rings. The summed E-state index contributed by atoms with van der Waals surface area (Å²) in [6.45, 7) is 0. The standard InChI is InChI=1S/C20H18N2OS.ClH/c1-23-17-11-9-15(10-12-17)19-14-18(20-8-5-13-24-20)21-22(19)16-6-3-2-4-7-16;/h2-13,19H,14H2,1H3;1H. The number of nitrogens with zero attached hydrogens (tertiary/aromatic N) is 2. The first-order valence-electron chi connectivity index (χ1n) is 7.95. The summed E-state index contributed by atoms with van der Waals surface area (Å²) in [5.41, 5.74) is 3.51. The van der Waals surface area contributed by atoms with Crippen LogP contribution in [0, 0.1) is 0 Å². The van der Waals surface area contributed by atoms with Crippen LogP contribution >= 0.6 is 23.7 Å². The van der Waals surface area contributed by atoms with Crippen LogP contribution in [-0.4, -0.2) is 12.8 Å². The molecular weight excluding hydrogens is 352 g/mol. The molecule has 0 spiro atoms. The highest BCUT2D eigenvalue weighted by Crippen LogP contribution is 2.37. The molecule has 25 heavy (non-hydrogen) atoms. The van der Waals surface area contributed by atoms with Gasteiger partial charge in [-0.15, -0.1) is 23.7 Å². The van der Waals surface area contributed by atoms with Crippen molar-refractivity contribution in [1.29, 1.82) is 0 Å². The number of methoxy groups -OCH3 is 1. The third-order valence-corrected chi connectivity index (χ3v) is 5.16. The Kier molecular flexibility index (Phi) is 5.41. The lowest BCUT2D eigenvalue weighted by atomic mass is 10.0.